The lowest BCUT2D eigenvalue weighted by atomic mass is 10.1. The van der Waals surface area contributed by atoms with Crippen molar-refractivity contribution in [2.75, 3.05) is 26.3 Å². The molecular weight excluding hydrogens is 305 g/mol. The minimum atomic E-state index is 0.481. The summed E-state index contributed by atoms with van der Waals surface area (Å²) in [5.41, 5.74) is 0. The van der Waals surface area contributed by atoms with Crippen LogP contribution >= 0.6 is 23.0 Å². The Morgan fingerprint density at radius 1 is 1.27 bits per heavy atom. The molecule has 0 aromatic heterocycles. The average Bonchev–Trinajstić information content (AvgIpc) is 2.25. The summed E-state index contributed by atoms with van der Waals surface area (Å²) in [4.78, 5) is 2.52. The van der Waals surface area contributed by atoms with Gasteiger partial charge in [0.2, 0.25) is 0 Å². The molecule has 1 fully saturated rings. The standard InChI is InChI=1S/C11H22INO2/c1-10(2)13-6-4-11(5-7-13)14-8-3-9-15-12/h10-11H,3-9H2,1-2H3. The van der Waals surface area contributed by atoms with E-state index in [4.69, 9.17) is 7.80 Å². The van der Waals surface area contributed by atoms with E-state index in [1.807, 2.05) is 23.0 Å². The Morgan fingerprint density at radius 2 is 1.93 bits per heavy atom. The number of ether oxygens (including phenoxy) is 1. The van der Waals surface area contributed by atoms with Crippen LogP contribution in [0.2, 0.25) is 0 Å². The number of hydrogen-bond donors (Lipinski definition) is 0. The van der Waals surface area contributed by atoms with Gasteiger partial charge in [0.1, 0.15) is 23.0 Å². The molecule has 1 rings (SSSR count). The van der Waals surface area contributed by atoms with E-state index in [2.05, 4.69) is 18.7 Å². The van der Waals surface area contributed by atoms with Crippen molar-refractivity contribution in [3.63, 3.8) is 0 Å². The lowest BCUT2D eigenvalue weighted by Gasteiger charge is -2.34. The van der Waals surface area contributed by atoms with E-state index in [9.17, 15) is 0 Å². The zero-order chi connectivity index (χ0) is 11.1. The van der Waals surface area contributed by atoms with Gasteiger partial charge >= 0.3 is 0 Å². The van der Waals surface area contributed by atoms with Crippen molar-refractivity contribution < 1.29 is 7.80 Å². The average molecular weight is 327 g/mol. The summed E-state index contributed by atoms with van der Waals surface area (Å²) in [5.74, 6) is 0. The molecule has 1 heterocycles. The van der Waals surface area contributed by atoms with Crippen LogP contribution in [-0.2, 0) is 7.80 Å². The molecule has 1 saturated heterocycles. The third-order valence-electron chi connectivity index (χ3n) is 2.93. The van der Waals surface area contributed by atoms with Crippen molar-refractivity contribution >= 4 is 23.0 Å². The molecule has 1 aliphatic heterocycles. The third-order valence-corrected chi connectivity index (χ3v) is 3.37. The molecule has 1 aliphatic rings. The Hall–Kier alpha value is 0.610. The van der Waals surface area contributed by atoms with Gasteiger partial charge in [0.15, 0.2) is 0 Å². The molecule has 90 valence electrons. The molecule has 0 amide bonds. The van der Waals surface area contributed by atoms with E-state index in [0.29, 0.717) is 12.1 Å². The first-order valence-corrected chi connectivity index (χ1v) is 6.71. The van der Waals surface area contributed by atoms with Gasteiger partial charge < -0.3 is 12.7 Å². The summed E-state index contributed by atoms with van der Waals surface area (Å²) in [5, 5.41) is 0. The second-order valence-corrected chi connectivity index (χ2v) is 4.99. The van der Waals surface area contributed by atoms with Crippen molar-refractivity contribution in [2.45, 2.75) is 45.3 Å². The second-order valence-electron chi connectivity index (χ2n) is 4.37. The molecular formula is C11H22INO2. The SMILES string of the molecule is CC(C)N1CCC(OCCCOI)CC1. The fraction of sp³-hybridized carbons (Fsp3) is 1.00. The van der Waals surface area contributed by atoms with Crippen LogP contribution < -0.4 is 0 Å². The number of nitrogens with zero attached hydrogens (tertiary/aromatic N) is 1. The zero-order valence-corrected chi connectivity index (χ0v) is 11.9. The molecule has 4 heteroatoms. The van der Waals surface area contributed by atoms with Crippen molar-refractivity contribution in [3.05, 3.63) is 0 Å². The summed E-state index contributed by atoms with van der Waals surface area (Å²) in [6.07, 6.45) is 3.86. The molecule has 0 aromatic carbocycles. The fourth-order valence-electron chi connectivity index (χ4n) is 1.92. The van der Waals surface area contributed by atoms with Crippen LogP contribution in [0.5, 0.6) is 0 Å². The van der Waals surface area contributed by atoms with Gasteiger partial charge in [0, 0.05) is 25.7 Å². The van der Waals surface area contributed by atoms with Crippen LogP contribution in [-0.4, -0.2) is 43.3 Å². The Balaban J connectivity index is 2.04. The van der Waals surface area contributed by atoms with Crippen molar-refractivity contribution in [1.82, 2.24) is 4.90 Å². The van der Waals surface area contributed by atoms with Crippen LogP contribution in [0.1, 0.15) is 33.1 Å². The number of rotatable bonds is 6. The van der Waals surface area contributed by atoms with E-state index < -0.39 is 0 Å². The molecule has 0 bridgehead atoms. The van der Waals surface area contributed by atoms with Crippen LogP contribution in [0.25, 0.3) is 0 Å². The minimum Gasteiger partial charge on any atom is -0.378 e. The van der Waals surface area contributed by atoms with Gasteiger partial charge in [0.25, 0.3) is 0 Å². The van der Waals surface area contributed by atoms with Crippen LogP contribution in [0.4, 0.5) is 0 Å². The smallest absolute Gasteiger partial charge is 0.109 e. The van der Waals surface area contributed by atoms with Gasteiger partial charge in [-0.3, -0.25) is 0 Å². The van der Waals surface area contributed by atoms with Gasteiger partial charge in [-0.25, -0.2) is 0 Å². The van der Waals surface area contributed by atoms with Crippen LogP contribution in [0.15, 0.2) is 0 Å². The lowest BCUT2D eigenvalue weighted by Crippen LogP contribution is -2.41. The number of likely N-dealkylation sites (tertiary alicyclic amines) is 1. The molecule has 0 aliphatic carbocycles. The number of halogens is 1. The molecule has 0 atom stereocenters. The van der Waals surface area contributed by atoms with E-state index in [1.54, 1.807) is 0 Å². The predicted octanol–water partition coefficient (Wildman–Crippen LogP) is 2.63. The normalized spacial score (nSPS) is 20.0. The Morgan fingerprint density at radius 3 is 2.47 bits per heavy atom. The van der Waals surface area contributed by atoms with Crippen LogP contribution in [0.3, 0.4) is 0 Å². The maximum absolute atomic E-state index is 5.80. The molecule has 0 spiro atoms. The van der Waals surface area contributed by atoms with E-state index in [0.717, 1.165) is 19.6 Å². The van der Waals surface area contributed by atoms with Gasteiger partial charge in [0.05, 0.1) is 12.7 Å². The van der Waals surface area contributed by atoms with E-state index in [1.165, 1.54) is 25.9 Å². The largest absolute Gasteiger partial charge is 0.378 e. The summed E-state index contributed by atoms with van der Waals surface area (Å²) in [6, 6.07) is 0.679. The van der Waals surface area contributed by atoms with Gasteiger partial charge in [-0.2, -0.15) is 0 Å². The second kappa shape index (κ2) is 7.81. The summed E-state index contributed by atoms with van der Waals surface area (Å²) < 4.78 is 10.8. The van der Waals surface area contributed by atoms with Crippen molar-refractivity contribution in [2.24, 2.45) is 0 Å². The zero-order valence-electron chi connectivity index (χ0n) is 9.75. The highest BCUT2D eigenvalue weighted by Gasteiger charge is 2.20. The highest BCUT2D eigenvalue weighted by molar-refractivity contribution is 14.1. The first-order valence-electron chi connectivity index (χ1n) is 5.83. The minimum absolute atomic E-state index is 0.481. The maximum Gasteiger partial charge on any atom is 0.109 e. The molecule has 0 aromatic rings. The van der Waals surface area contributed by atoms with Gasteiger partial charge in [-0.15, -0.1) is 0 Å². The topological polar surface area (TPSA) is 21.7 Å². The lowest BCUT2D eigenvalue weighted by molar-refractivity contribution is -0.00149. The maximum atomic E-state index is 5.80. The molecule has 0 N–H and O–H groups in total. The van der Waals surface area contributed by atoms with E-state index in [-0.39, 0.29) is 0 Å². The fourth-order valence-corrected chi connectivity index (χ4v) is 2.23. The molecule has 0 unspecified atom stereocenters. The Bertz CT molecular complexity index is 159. The predicted molar refractivity (Wildman–Crippen MR) is 70.3 cm³/mol. The number of piperidine rings is 1. The van der Waals surface area contributed by atoms with Crippen LogP contribution in [0, 0.1) is 0 Å². The monoisotopic (exact) mass is 327 g/mol. The van der Waals surface area contributed by atoms with Crippen molar-refractivity contribution in [1.29, 1.82) is 0 Å². The Kier molecular flexibility index (Phi) is 7.12. The van der Waals surface area contributed by atoms with Gasteiger partial charge in [-0.1, -0.05) is 0 Å². The number of hydrogen-bond acceptors (Lipinski definition) is 3. The Labute approximate surface area is 107 Å². The molecule has 3 nitrogen and oxygen atoms in total. The highest BCUT2D eigenvalue weighted by Crippen LogP contribution is 2.15. The van der Waals surface area contributed by atoms with Crippen molar-refractivity contribution in [3.8, 4) is 0 Å². The molecule has 0 saturated carbocycles. The first kappa shape index (κ1) is 13.7. The quantitative estimate of drug-likeness (QED) is 0.553. The van der Waals surface area contributed by atoms with E-state index >= 15 is 0 Å². The summed E-state index contributed by atoms with van der Waals surface area (Å²) in [6.45, 7) is 8.54. The molecule has 0 radical (unpaired) electrons. The molecule has 15 heavy (non-hydrogen) atoms. The third kappa shape index (κ3) is 5.47. The summed E-state index contributed by atoms with van der Waals surface area (Å²) >= 11 is 1.93. The summed E-state index contributed by atoms with van der Waals surface area (Å²) in [7, 11) is 0. The highest BCUT2D eigenvalue weighted by atomic mass is 127. The van der Waals surface area contributed by atoms with Gasteiger partial charge in [-0.05, 0) is 33.1 Å². The first-order chi connectivity index (χ1) is 7.24.